The molecule has 246 valence electrons. The van der Waals surface area contributed by atoms with E-state index in [-0.39, 0.29) is 0 Å². The molecule has 0 saturated heterocycles. The number of aromatic nitrogens is 1. The number of hydrogen-bond acceptors (Lipinski definition) is 2. The number of rotatable bonds is 5. The van der Waals surface area contributed by atoms with Gasteiger partial charge in [-0.1, -0.05) is 158 Å². The Kier molecular flexibility index (Phi) is 7.13. The van der Waals surface area contributed by atoms with E-state index in [0.29, 0.717) is 5.56 Å². The Bertz CT molecular complexity index is 2840. The SMILES string of the molecule is N#Cc1ccnc(-c2ccc(-c3cc4c(c5ccccc35)-c3ccc(-c5ccc6ccccc6c5)cc3C4(c3ccccc3)c3ccccc3)cc2)c1. The van der Waals surface area contributed by atoms with Crippen molar-refractivity contribution in [2.45, 2.75) is 5.41 Å². The van der Waals surface area contributed by atoms with Crippen molar-refractivity contribution in [1.29, 1.82) is 5.26 Å². The fraction of sp³-hybridized carbons (Fsp3) is 0.0196. The van der Waals surface area contributed by atoms with E-state index in [1.807, 2.05) is 6.07 Å². The van der Waals surface area contributed by atoms with Gasteiger partial charge in [0.25, 0.3) is 0 Å². The van der Waals surface area contributed by atoms with Crippen molar-refractivity contribution in [3.63, 3.8) is 0 Å². The Balaban J connectivity index is 1.26. The van der Waals surface area contributed by atoms with Crippen LogP contribution in [-0.4, -0.2) is 4.98 Å². The molecule has 0 bridgehead atoms. The van der Waals surface area contributed by atoms with Crippen LogP contribution in [0.25, 0.3) is 66.2 Å². The second kappa shape index (κ2) is 12.3. The zero-order valence-electron chi connectivity index (χ0n) is 28.9. The van der Waals surface area contributed by atoms with Crippen LogP contribution in [0.2, 0.25) is 0 Å². The van der Waals surface area contributed by atoms with Crippen LogP contribution in [0.15, 0.2) is 194 Å². The van der Waals surface area contributed by atoms with E-state index in [9.17, 15) is 5.26 Å². The van der Waals surface area contributed by atoms with Crippen LogP contribution < -0.4 is 0 Å². The summed E-state index contributed by atoms with van der Waals surface area (Å²) in [6.07, 6.45) is 1.70. The molecule has 10 rings (SSSR count). The van der Waals surface area contributed by atoms with Crippen LogP contribution >= 0.6 is 0 Å². The Morgan fingerprint density at radius 2 is 1.04 bits per heavy atom. The first-order chi connectivity index (χ1) is 26.2. The monoisotopic (exact) mass is 672 g/mol. The van der Waals surface area contributed by atoms with Gasteiger partial charge in [-0.05, 0) is 108 Å². The van der Waals surface area contributed by atoms with Gasteiger partial charge in [-0.3, -0.25) is 4.98 Å². The van der Waals surface area contributed by atoms with Gasteiger partial charge >= 0.3 is 0 Å². The lowest BCUT2D eigenvalue weighted by atomic mass is 9.67. The van der Waals surface area contributed by atoms with Crippen molar-refractivity contribution in [3.8, 4) is 50.7 Å². The highest BCUT2D eigenvalue weighted by molar-refractivity contribution is 6.10. The lowest BCUT2D eigenvalue weighted by Gasteiger charge is -2.34. The minimum atomic E-state index is -0.569. The largest absolute Gasteiger partial charge is 0.256 e. The molecular weight excluding hydrogens is 641 g/mol. The summed E-state index contributed by atoms with van der Waals surface area (Å²) in [5.41, 5.74) is 14.1. The molecule has 1 aliphatic rings. The zero-order valence-corrected chi connectivity index (χ0v) is 28.9. The van der Waals surface area contributed by atoms with Crippen LogP contribution in [0.4, 0.5) is 0 Å². The third-order valence-electron chi connectivity index (χ3n) is 11.0. The lowest BCUT2D eigenvalue weighted by Crippen LogP contribution is -2.28. The van der Waals surface area contributed by atoms with Gasteiger partial charge in [0.05, 0.1) is 22.7 Å². The quantitative estimate of drug-likeness (QED) is 0.182. The van der Waals surface area contributed by atoms with Crippen molar-refractivity contribution >= 4 is 21.5 Å². The molecule has 0 amide bonds. The highest BCUT2D eigenvalue weighted by Gasteiger charge is 2.47. The summed E-state index contributed by atoms with van der Waals surface area (Å²) in [7, 11) is 0. The normalized spacial score (nSPS) is 12.7. The van der Waals surface area contributed by atoms with E-state index in [4.69, 9.17) is 0 Å². The molecule has 0 N–H and O–H groups in total. The first kappa shape index (κ1) is 30.7. The Hall–Kier alpha value is -7.08. The van der Waals surface area contributed by atoms with E-state index < -0.39 is 5.41 Å². The number of nitrogens with zero attached hydrogens (tertiary/aromatic N) is 2. The highest BCUT2D eigenvalue weighted by Crippen LogP contribution is 2.59. The lowest BCUT2D eigenvalue weighted by molar-refractivity contribution is 0.769. The number of nitriles is 1. The molecule has 0 fully saturated rings. The summed E-state index contributed by atoms with van der Waals surface area (Å²) in [6.45, 7) is 0. The number of fused-ring (bicyclic) bond motifs is 6. The zero-order chi connectivity index (χ0) is 35.4. The first-order valence-electron chi connectivity index (χ1n) is 18.0. The highest BCUT2D eigenvalue weighted by atomic mass is 14.7. The molecular formula is C51H32N2. The Labute approximate surface area is 308 Å². The molecule has 2 heteroatoms. The van der Waals surface area contributed by atoms with Crippen molar-refractivity contribution in [2.75, 3.05) is 0 Å². The van der Waals surface area contributed by atoms with E-state index in [0.717, 1.165) is 16.8 Å². The van der Waals surface area contributed by atoms with Gasteiger partial charge in [-0.15, -0.1) is 0 Å². The van der Waals surface area contributed by atoms with Crippen molar-refractivity contribution in [3.05, 3.63) is 222 Å². The minimum Gasteiger partial charge on any atom is -0.256 e. The molecule has 1 heterocycles. The molecule has 0 atom stereocenters. The summed E-state index contributed by atoms with van der Waals surface area (Å²) in [5, 5.41) is 14.4. The molecule has 1 aliphatic carbocycles. The standard InChI is InChI=1S/C51H32N2/c52-33-34-27-28-53-49(29-34)37-22-20-36(21-23-37)46-32-48-50(44-18-10-9-17-43(44)46)45-26-25-40(39-24-19-35-11-7-8-12-38(35)30-39)31-47(45)51(48,41-13-3-1-4-14-41)42-15-5-2-6-16-42/h1-32H. The van der Waals surface area contributed by atoms with Crippen molar-refractivity contribution in [1.82, 2.24) is 4.98 Å². The molecule has 2 nitrogen and oxygen atoms in total. The topological polar surface area (TPSA) is 36.7 Å². The fourth-order valence-corrected chi connectivity index (χ4v) is 8.61. The maximum atomic E-state index is 9.48. The molecule has 8 aromatic carbocycles. The van der Waals surface area contributed by atoms with Crippen LogP contribution in [0, 0.1) is 11.3 Å². The van der Waals surface area contributed by atoms with Crippen molar-refractivity contribution in [2.24, 2.45) is 0 Å². The summed E-state index contributed by atoms with van der Waals surface area (Å²) >= 11 is 0. The molecule has 0 aliphatic heterocycles. The third kappa shape index (κ3) is 4.83. The summed E-state index contributed by atoms with van der Waals surface area (Å²) in [6, 6.07) is 70.3. The van der Waals surface area contributed by atoms with Gasteiger partial charge in [0.1, 0.15) is 0 Å². The molecule has 0 spiro atoms. The smallest absolute Gasteiger partial charge is 0.0992 e. The van der Waals surface area contributed by atoms with Crippen LogP contribution in [0.5, 0.6) is 0 Å². The third-order valence-corrected chi connectivity index (χ3v) is 11.0. The van der Waals surface area contributed by atoms with Crippen LogP contribution in [0.3, 0.4) is 0 Å². The van der Waals surface area contributed by atoms with Gasteiger partial charge in [-0.2, -0.15) is 5.26 Å². The second-order valence-corrected chi connectivity index (χ2v) is 13.8. The van der Waals surface area contributed by atoms with E-state index >= 15 is 0 Å². The minimum absolute atomic E-state index is 0.569. The van der Waals surface area contributed by atoms with E-state index in [1.54, 1.807) is 12.3 Å². The molecule has 1 aromatic heterocycles. The van der Waals surface area contributed by atoms with Crippen LogP contribution in [0.1, 0.15) is 27.8 Å². The number of pyridine rings is 1. The van der Waals surface area contributed by atoms with Gasteiger partial charge in [-0.25, -0.2) is 0 Å². The van der Waals surface area contributed by atoms with E-state index in [2.05, 4.69) is 187 Å². The van der Waals surface area contributed by atoms with Gasteiger partial charge in [0.2, 0.25) is 0 Å². The molecule has 0 radical (unpaired) electrons. The average Bonchev–Trinajstić information content (AvgIpc) is 3.54. The van der Waals surface area contributed by atoms with Crippen LogP contribution in [-0.2, 0) is 5.41 Å². The number of benzene rings is 8. The summed E-state index contributed by atoms with van der Waals surface area (Å²) in [5.74, 6) is 0. The maximum absolute atomic E-state index is 9.48. The predicted octanol–water partition coefficient (Wildman–Crippen LogP) is 12.6. The summed E-state index contributed by atoms with van der Waals surface area (Å²) < 4.78 is 0. The maximum Gasteiger partial charge on any atom is 0.0992 e. The Morgan fingerprint density at radius 3 is 1.77 bits per heavy atom. The fourth-order valence-electron chi connectivity index (χ4n) is 8.61. The van der Waals surface area contributed by atoms with Gasteiger partial charge < -0.3 is 0 Å². The first-order valence-corrected chi connectivity index (χ1v) is 18.0. The Morgan fingerprint density at radius 1 is 0.434 bits per heavy atom. The molecule has 0 saturated carbocycles. The van der Waals surface area contributed by atoms with Gasteiger partial charge in [0.15, 0.2) is 0 Å². The molecule has 0 unspecified atom stereocenters. The predicted molar refractivity (Wildman–Crippen MR) is 218 cm³/mol. The molecule has 9 aromatic rings. The number of hydrogen-bond donors (Lipinski definition) is 0. The average molecular weight is 673 g/mol. The second-order valence-electron chi connectivity index (χ2n) is 13.8. The van der Waals surface area contributed by atoms with E-state index in [1.165, 1.54) is 71.6 Å². The molecule has 53 heavy (non-hydrogen) atoms. The summed E-state index contributed by atoms with van der Waals surface area (Å²) in [4.78, 5) is 4.56. The van der Waals surface area contributed by atoms with Crippen molar-refractivity contribution < 1.29 is 0 Å². The van der Waals surface area contributed by atoms with Gasteiger partial charge in [0, 0.05) is 11.8 Å².